The topological polar surface area (TPSA) is 46.2 Å². The average molecular weight is 259 g/mol. The molecule has 0 radical (unpaired) electrons. The van der Waals surface area contributed by atoms with Gasteiger partial charge in [-0.2, -0.15) is 0 Å². The van der Waals surface area contributed by atoms with Gasteiger partial charge in [0, 0.05) is 6.04 Å². The molecule has 2 rings (SSSR count). The highest BCUT2D eigenvalue weighted by Gasteiger charge is 2.39. The van der Waals surface area contributed by atoms with Crippen molar-refractivity contribution in [3.8, 4) is 0 Å². The van der Waals surface area contributed by atoms with Crippen molar-refractivity contribution in [2.75, 3.05) is 18.1 Å². The van der Waals surface area contributed by atoms with Crippen molar-refractivity contribution < 1.29 is 8.42 Å². The van der Waals surface area contributed by atoms with Gasteiger partial charge in [-0.25, -0.2) is 8.42 Å². The lowest BCUT2D eigenvalue weighted by Crippen LogP contribution is -2.38. The first-order valence-electron chi connectivity index (χ1n) is 6.72. The molecule has 0 aromatic rings. The van der Waals surface area contributed by atoms with E-state index in [1.54, 1.807) is 0 Å². The molecule has 1 aliphatic heterocycles. The third-order valence-electron chi connectivity index (χ3n) is 4.15. The van der Waals surface area contributed by atoms with Crippen LogP contribution in [-0.4, -0.2) is 32.5 Å². The van der Waals surface area contributed by atoms with Gasteiger partial charge in [0.1, 0.15) is 0 Å². The van der Waals surface area contributed by atoms with Crippen molar-refractivity contribution >= 4 is 9.84 Å². The predicted octanol–water partition coefficient (Wildman–Crippen LogP) is 1.84. The fourth-order valence-corrected chi connectivity index (χ4v) is 4.78. The van der Waals surface area contributed by atoms with Crippen LogP contribution in [0.15, 0.2) is 0 Å². The van der Waals surface area contributed by atoms with Crippen LogP contribution in [-0.2, 0) is 9.84 Å². The summed E-state index contributed by atoms with van der Waals surface area (Å²) in [6.45, 7) is 7.68. The lowest BCUT2D eigenvalue weighted by atomic mass is 9.73. The van der Waals surface area contributed by atoms with Crippen LogP contribution >= 0.6 is 0 Å². The minimum absolute atomic E-state index is 0.187. The molecule has 0 bridgehead atoms. The van der Waals surface area contributed by atoms with Crippen molar-refractivity contribution in [1.82, 2.24) is 5.32 Å². The van der Waals surface area contributed by atoms with Crippen molar-refractivity contribution in [2.45, 2.75) is 46.1 Å². The van der Waals surface area contributed by atoms with E-state index in [0.717, 1.165) is 13.0 Å². The average Bonchev–Trinajstić information content (AvgIpc) is 2.90. The number of hydrogen-bond acceptors (Lipinski definition) is 3. The second-order valence-electron chi connectivity index (χ2n) is 6.82. The van der Waals surface area contributed by atoms with Crippen LogP contribution in [0.3, 0.4) is 0 Å². The molecule has 1 saturated heterocycles. The molecule has 0 amide bonds. The number of sulfone groups is 1. The fraction of sp³-hybridized carbons (Fsp3) is 1.00. The molecule has 2 unspecified atom stereocenters. The molecule has 2 aliphatic rings. The van der Waals surface area contributed by atoms with E-state index in [9.17, 15) is 8.42 Å². The quantitative estimate of drug-likeness (QED) is 0.838. The maximum absolute atomic E-state index is 11.6. The summed E-state index contributed by atoms with van der Waals surface area (Å²) in [6, 6.07) is 0.706. The van der Waals surface area contributed by atoms with Crippen LogP contribution in [0.1, 0.15) is 40.0 Å². The summed E-state index contributed by atoms with van der Waals surface area (Å²) >= 11 is 0. The van der Waals surface area contributed by atoms with Gasteiger partial charge in [-0.3, -0.25) is 0 Å². The SMILES string of the molecule is CC(C)(C)C(CNC1CC1)C1CCS(=O)(=O)C1. The van der Waals surface area contributed by atoms with Gasteiger partial charge in [0.15, 0.2) is 9.84 Å². The molecule has 100 valence electrons. The first-order chi connectivity index (χ1) is 7.78. The third kappa shape index (κ3) is 3.68. The third-order valence-corrected chi connectivity index (χ3v) is 5.95. The Morgan fingerprint density at radius 2 is 1.88 bits per heavy atom. The van der Waals surface area contributed by atoms with E-state index in [-0.39, 0.29) is 5.41 Å². The summed E-state index contributed by atoms with van der Waals surface area (Å²) in [5.41, 5.74) is 0.187. The first kappa shape index (κ1) is 13.3. The molecular formula is C13H25NO2S. The van der Waals surface area contributed by atoms with Crippen LogP contribution in [0.5, 0.6) is 0 Å². The Morgan fingerprint density at radius 3 is 2.29 bits per heavy atom. The Kier molecular flexibility index (Phi) is 3.56. The van der Waals surface area contributed by atoms with Gasteiger partial charge in [-0.1, -0.05) is 20.8 Å². The maximum atomic E-state index is 11.6. The maximum Gasteiger partial charge on any atom is 0.150 e. The summed E-state index contributed by atoms with van der Waals surface area (Å²) in [4.78, 5) is 0. The second kappa shape index (κ2) is 4.54. The zero-order valence-electron chi connectivity index (χ0n) is 11.2. The highest BCUT2D eigenvalue weighted by Crippen LogP contribution is 2.38. The van der Waals surface area contributed by atoms with Gasteiger partial charge >= 0.3 is 0 Å². The fourth-order valence-electron chi connectivity index (χ4n) is 2.90. The lowest BCUT2D eigenvalue weighted by Gasteiger charge is -2.35. The van der Waals surface area contributed by atoms with E-state index < -0.39 is 9.84 Å². The van der Waals surface area contributed by atoms with E-state index in [0.29, 0.717) is 29.4 Å². The van der Waals surface area contributed by atoms with E-state index in [2.05, 4.69) is 26.1 Å². The predicted molar refractivity (Wildman–Crippen MR) is 70.7 cm³/mol. The Balaban J connectivity index is 1.99. The second-order valence-corrected chi connectivity index (χ2v) is 9.05. The molecular weight excluding hydrogens is 234 g/mol. The zero-order valence-corrected chi connectivity index (χ0v) is 12.0. The molecule has 2 atom stereocenters. The van der Waals surface area contributed by atoms with E-state index >= 15 is 0 Å². The lowest BCUT2D eigenvalue weighted by molar-refractivity contribution is 0.166. The van der Waals surface area contributed by atoms with Crippen LogP contribution in [0.2, 0.25) is 0 Å². The molecule has 0 aromatic carbocycles. The van der Waals surface area contributed by atoms with Gasteiger partial charge in [-0.05, 0) is 43.1 Å². The Hall–Kier alpha value is -0.0900. The van der Waals surface area contributed by atoms with Gasteiger partial charge in [-0.15, -0.1) is 0 Å². The number of hydrogen-bond donors (Lipinski definition) is 1. The Morgan fingerprint density at radius 1 is 1.24 bits per heavy atom. The molecule has 3 nitrogen and oxygen atoms in total. The van der Waals surface area contributed by atoms with E-state index in [1.807, 2.05) is 0 Å². The first-order valence-corrected chi connectivity index (χ1v) is 8.54. The summed E-state index contributed by atoms with van der Waals surface area (Å²) in [6.07, 6.45) is 3.44. The largest absolute Gasteiger partial charge is 0.314 e. The van der Waals surface area contributed by atoms with Gasteiger partial charge < -0.3 is 5.32 Å². The van der Waals surface area contributed by atoms with Crippen LogP contribution < -0.4 is 5.32 Å². The molecule has 1 saturated carbocycles. The molecule has 2 fully saturated rings. The van der Waals surface area contributed by atoms with Crippen LogP contribution in [0, 0.1) is 17.3 Å². The summed E-state index contributed by atoms with van der Waals surface area (Å²) in [7, 11) is -2.75. The summed E-state index contributed by atoms with van der Waals surface area (Å²) in [5, 5.41) is 3.57. The number of rotatable bonds is 4. The summed E-state index contributed by atoms with van der Waals surface area (Å²) < 4.78 is 23.2. The molecule has 1 heterocycles. The van der Waals surface area contributed by atoms with E-state index in [1.165, 1.54) is 12.8 Å². The zero-order chi connectivity index (χ0) is 12.7. The standard InChI is InChI=1S/C13H25NO2S/c1-13(2,3)12(8-14-11-4-5-11)10-6-7-17(15,16)9-10/h10-12,14H,4-9H2,1-3H3. The molecule has 17 heavy (non-hydrogen) atoms. The normalized spacial score (nSPS) is 30.4. The van der Waals surface area contributed by atoms with Crippen LogP contribution in [0.4, 0.5) is 0 Å². The van der Waals surface area contributed by atoms with Gasteiger partial charge in [0.05, 0.1) is 11.5 Å². The monoisotopic (exact) mass is 259 g/mol. The van der Waals surface area contributed by atoms with Gasteiger partial charge in [0.2, 0.25) is 0 Å². The molecule has 4 heteroatoms. The van der Waals surface area contributed by atoms with Crippen LogP contribution in [0.25, 0.3) is 0 Å². The van der Waals surface area contributed by atoms with Gasteiger partial charge in [0.25, 0.3) is 0 Å². The highest BCUT2D eigenvalue weighted by atomic mass is 32.2. The van der Waals surface area contributed by atoms with Crippen molar-refractivity contribution in [3.05, 3.63) is 0 Å². The minimum atomic E-state index is -2.75. The Labute approximate surface area is 105 Å². The molecule has 1 aliphatic carbocycles. The van der Waals surface area contributed by atoms with Crippen molar-refractivity contribution in [3.63, 3.8) is 0 Å². The molecule has 0 aromatic heterocycles. The number of nitrogens with one attached hydrogen (secondary N) is 1. The molecule has 0 spiro atoms. The smallest absolute Gasteiger partial charge is 0.150 e. The van der Waals surface area contributed by atoms with Crippen molar-refractivity contribution in [1.29, 1.82) is 0 Å². The Bertz CT molecular complexity index is 365. The summed E-state index contributed by atoms with van der Waals surface area (Å²) in [5.74, 6) is 1.63. The molecule has 1 N–H and O–H groups in total. The van der Waals surface area contributed by atoms with Crippen molar-refractivity contribution in [2.24, 2.45) is 17.3 Å². The minimum Gasteiger partial charge on any atom is -0.314 e. The highest BCUT2D eigenvalue weighted by molar-refractivity contribution is 7.91. The van der Waals surface area contributed by atoms with E-state index in [4.69, 9.17) is 0 Å².